The van der Waals surface area contributed by atoms with Crippen molar-refractivity contribution in [3.63, 3.8) is 0 Å². The van der Waals surface area contributed by atoms with E-state index in [-0.39, 0.29) is 16.1 Å². The number of para-hydroxylation sites is 1. The molecule has 0 spiro atoms. The van der Waals surface area contributed by atoms with Gasteiger partial charge in [0.05, 0.1) is 10.6 Å². The van der Waals surface area contributed by atoms with Crippen LogP contribution in [0.15, 0.2) is 71.6 Å². The number of benzene rings is 3. The Hall–Kier alpha value is -2.90. The zero-order chi connectivity index (χ0) is 20.3. The summed E-state index contributed by atoms with van der Waals surface area (Å²) in [6, 6.07) is 16.0. The molecule has 0 unspecified atom stereocenters. The molecule has 0 aliphatic rings. The molecule has 3 aromatic rings. The van der Waals surface area contributed by atoms with Crippen LogP contribution in [0.2, 0.25) is 5.02 Å². The topological polar surface area (TPSA) is 75.3 Å². The third-order valence-corrected chi connectivity index (χ3v) is 5.57. The highest BCUT2D eigenvalue weighted by Crippen LogP contribution is 2.22. The first-order chi connectivity index (χ1) is 13.3. The molecule has 0 saturated heterocycles. The van der Waals surface area contributed by atoms with E-state index in [4.69, 9.17) is 11.6 Å². The van der Waals surface area contributed by atoms with E-state index >= 15 is 0 Å². The van der Waals surface area contributed by atoms with Crippen molar-refractivity contribution >= 4 is 38.9 Å². The molecule has 5 nitrogen and oxygen atoms in total. The van der Waals surface area contributed by atoms with Crippen LogP contribution in [0.5, 0.6) is 0 Å². The van der Waals surface area contributed by atoms with Crippen LogP contribution in [-0.2, 0) is 10.0 Å². The highest BCUT2D eigenvalue weighted by atomic mass is 35.5. The monoisotopic (exact) mass is 418 g/mol. The average molecular weight is 419 g/mol. The molecule has 0 heterocycles. The Morgan fingerprint density at radius 2 is 1.71 bits per heavy atom. The molecular weight excluding hydrogens is 403 g/mol. The maximum atomic E-state index is 13.8. The van der Waals surface area contributed by atoms with Crippen LogP contribution in [0.25, 0.3) is 0 Å². The van der Waals surface area contributed by atoms with Gasteiger partial charge in [0.2, 0.25) is 0 Å². The largest absolute Gasteiger partial charge is 0.322 e. The average Bonchev–Trinajstić information content (AvgIpc) is 2.66. The van der Waals surface area contributed by atoms with Crippen molar-refractivity contribution in [3.8, 4) is 0 Å². The van der Waals surface area contributed by atoms with Gasteiger partial charge in [0, 0.05) is 16.3 Å². The molecule has 0 atom stereocenters. The van der Waals surface area contributed by atoms with Crippen LogP contribution < -0.4 is 10.0 Å². The predicted molar refractivity (Wildman–Crippen MR) is 108 cm³/mol. The maximum Gasteiger partial charge on any atom is 0.262 e. The molecule has 1 amide bonds. The molecule has 0 saturated carbocycles. The molecule has 2 N–H and O–H groups in total. The number of hydrogen-bond donors (Lipinski definition) is 2. The second-order valence-corrected chi connectivity index (χ2v) is 8.15. The molecule has 144 valence electrons. The Kier molecular flexibility index (Phi) is 5.67. The lowest BCUT2D eigenvalue weighted by Crippen LogP contribution is -2.16. The number of nitrogens with one attached hydrogen (secondary N) is 2. The fraction of sp³-hybridized carbons (Fsp3) is 0.0500. The minimum Gasteiger partial charge on any atom is -0.322 e. The number of amides is 1. The Morgan fingerprint density at radius 1 is 0.964 bits per heavy atom. The van der Waals surface area contributed by atoms with Crippen LogP contribution in [0.1, 0.15) is 15.9 Å². The smallest absolute Gasteiger partial charge is 0.262 e. The first-order valence-electron chi connectivity index (χ1n) is 8.21. The summed E-state index contributed by atoms with van der Waals surface area (Å²) in [7, 11) is -4.07. The molecular formula is C20H16ClFN2O3S. The van der Waals surface area contributed by atoms with Crippen molar-refractivity contribution in [1.82, 2.24) is 0 Å². The van der Waals surface area contributed by atoms with Crippen LogP contribution in [0.3, 0.4) is 0 Å². The Bertz CT molecular complexity index is 1150. The molecule has 3 rings (SSSR count). The first kappa shape index (κ1) is 19.9. The number of aryl methyl sites for hydroxylation is 1. The lowest BCUT2D eigenvalue weighted by Gasteiger charge is -2.11. The zero-order valence-corrected chi connectivity index (χ0v) is 16.3. The molecule has 0 aliphatic heterocycles. The van der Waals surface area contributed by atoms with E-state index in [2.05, 4.69) is 10.0 Å². The van der Waals surface area contributed by atoms with Gasteiger partial charge in [-0.15, -0.1) is 0 Å². The van der Waals surface area contributed by atoms with Gasteiger partial charge in [0.1, 0.15) is 5.82 Å². The quantitative estimate of drug-likeness (QED) is 0.622. The summed E-state index contributed by atoms with van der Waals surface area (Å²) in [5, 5.41) is 3.17. The lowest BCUT2D eigenvalue weighted by atomic mass is 10.1. The second kappa shape index (κ2) is 8.00. The van der Waals surface area contributed by atoms with Crippen LogP contribution in [-0.4, -0.2) is 14.3 Å². The van der Waals surface area contributed by atoms with Gasteiger partial charge in [-0.05, 0) is 55.0 Å². The van der Waals surface area contributed by atoms with Gasteiger partial charge in [0.15, 0.2) is 0 Å². The van der Waals surface area contributed by atoms with Crippen molar-refractivity contribution in [2.45, 2.75) is 11.8 Å². The number of carbonyl (C=O) groups excluding carboxylic acids is 1. The minimum absolute atomic E-state index is 0.135. The predicted octanol–water partition coefficient (Wildman–Crippen LogP) is 4.84. The molecule has 0 aromatic heterocycles. The van der Waals surface area contributed by atoms with E-state index in [0.29, 0.717) is 10.7 Å². The molecule has 0 bridgehead atoms. The number of anilines is 2. The summed E-state index contributed by atoms with van der Waals surface area (Å²) in [6.07, 6.45) is 0. The summed E-state index contributed by atoms with van der Waals surface area (Å²) in [6.45, 7) is 1.81. The molecule has 8 heteroatoms. The summed E-state index contributed by atoms with van der Waals surface area (Å²) in [5.41, 5.74) is 1.29. The highest BCUT2D eigenvalue weighted by molar-refractivity contribution is 7.92. The maximum absolute atomic E-state index is 13.8. The van der Waals surface area contributed by atoms with Gasteiger partial charge < -0.3 is 5.32 Å². The van der Waals surface area contributed by atoms with E-state index in [1.165, 1.54) is 42.5 Å². The van der Waals surface area contributed by atoms with Gasteiger partial charge in [-0.2, -0.15) is 0 Å². The van der Waals surface area contributed by atoms with Crippen molar-refractivity contribution in [2.24, 2.45) is 0 Å². The van der Waals surface area contributed by atoms with Crippen molar-refractivity contribution < 1.29 is 17.6 Å². The van der Waals surface area contributed by atoms with Crippen LogP contribution in [0, 0.1) is 12.7 Å². The Balaban J connectivity index is 1.86. The third kappa shape index (κ3) is 4.49. The second-order valence-electron chi connectivity index (χ2n) is 6.03. The summed E-state index contributed by atoms with van der Waals surface area (Å²) < 4.78 is 41.1. The fourth-order valence-corrected chi connectivity index (χ4v) is 3.76. The highest BCUT2D eigenvalue weighted by Gasteiger charge is 2.18. The van der Waals surface area contributed by atoms with E-state index in [0.717, 1.165) is 11.6 Å². The molecule has 0 radical (unpaired) electrons. The molecule has 28 heavy (non-hydrogen) atoms. The van der Waals surface area contributed by atoms with Crippen molar-refractivity contribution in [3.05, 3.63) is 88.7 Å². The van der Waals surface area contributed by atoms with Crippen LogP contribution >= 0.6 is 11.6 Å². The molecule has 3 aromatic carbocycles. The number of halogens is 2. The lowest BCUT2D eigenvalue weighted by molar-refractivity contribution is 0.102. The first-order valence-corrected chi connectivity index (χ1v) is 10.1. The van der Waals surface area contributed by atoms with Gasteiger partial charge in [-0.1, -0.05) is 35.9 Å². The Morgan fingerprint density at radius 3 is 2.46 bits per heavy atom. The third-order valence-electron chi connectivity index (χ3n) is 3.97. The minimum atomic E-state index is -4.07. The normalized spacial score (nSPS) is 11.1. The van der Waals surface area contributed by atoms with E-state index in [9.17, 15) is 17.6 Å². The van der Waals surface area contributed by atoms with E-state index < -0.39 is 21.7 Å². The van der Waals surface area contributed by atoms with Crippen molar-refractivity contribution in [2.75, 3.05) is 10.0 Å². The zero-order valence-electron chi connectivity index (χ0n) is 14.7. The standard InChI is InChI=1S/C20H16ClFN2O3S/c1-13-9-10-15(21)12-19(13)23-20(25)14-5-4-6-16(11-14)28(26,27)24-18-8-3-2-7-17(18)22/h2-12,24H,1H3,(H,23,25). The summed E-state index contributed by atoms with van der Waals surface area (Å²) in [5.74, 6) is -1.19. The SMILES string of the molecule is Cc1ccc(Cl)cc1NC(=O)c1cccc(S(=O)(=O)Nc2ccccc2F)c1. The Labute approximate surface area is 167 Å². The van der Waals surface area contributed by atoms with Gasteiger partial charge >= 0.3 is 0 Å². The number of carbonyl (C=O) groups is 1. The summed E-state index contributed by atoms with van der Waals surface area (Å²) >= 11 is 5.95. The van der Waals surface area contributed by atoms with Gasteiger partial charge in [0.25, 0.3) is 15.9 Å². The van der Waals surface area contributed by atoms with E-state index in [1.54, 1.807) is 18.2 Å². The fourth-order valence-electron chi connectivity index (χ4n) is 2.48. The summed E-state index contributed by atoms with van der Waals surface area (Å²) in [4.78, 5) is 12.4. The number of rotatable bonds is 5. The van der Waals surface area contributed by atoms with E-state index in [1.807, 2.05) is 6.92 Å². The molecule has 0 fully saturated rings. The van der Waals surface area contributed by atoms with Crippen LogP contribution in [0.4, 0.5) is 15.8 Å². The van der Waals surface area contributed by atoms with Gasteiger partial charge in [-0.3, -0.25) is 9.52 Å². The molecule has 0 aliphatic carbocycles. The van der Waals surface area contributed by atoms with Gasteiger partial charge in [-0.25, -0.2) is 12.8 Å². The van der Waals surface area contributed by atoms with Crippen molar-refractivity contribution in [1.29, 1.82) is 0 Å². The number of hydrogen-bond acceptors (Lipinski definition) is 3. The number of sulfonamides is 1.